The van der Waals surface area contributed by atoms with E-state index in [1.54, 1.807) is 31.2 Å². The maximum Gasteiger partial charge on any atom is 0.300 e. The van der Waals surface area contributed by atoms with E-state index in [9.17, 15) is 19.1 Å². The summed E-state index contributed by atoms with van der Waals surface area (Å²) in [5.41, 5.74) is 0.279. The average molecular weight is 437 g/mol. The van der Waals surface area contributed by atoms with Gasteiger partial charge in [-0.25, -0.2) is 4.39 Å². The van der Waals surface area contributed by atoms with Crippen LogP contribution < -0.4 is 14.4 Å². The van der Waals surface area contributed by atoms with Crippen LogP contribution in [-0.4, -0.2) is 31.0 Å². The number of carbonyl (C=O) groups is 2. The Kier molecular flexibility index (Phi) is 5.44. The van der Waals surface area contributed by atoms with E-state index in [-0.39, 0.29) is 28.3 Å². The highest BCUT2D eigenvalue weighted by molar-refractivity contribution is 6.51. The number of hydrogen-bond acceptors (Lipinski definition) is 6. The molecule has 1 atom stereocenters. The zero-order chi connectivity index (χ0) is 23.0. The highest BCUT2D eigenvalue weighted by atomic mass is 19.1. The van der Waals surface area contributed by atoms with Crippen molar-refractivity contribution < 1.29 is 33.0 Å². The summed E-state index contributed by atoms with van der Waals surface area (Å²) in [6.45, 7) is 1.72. The number of benzene rings is 2. The predicted octanol–water partition coefficient (Wildman–Crippen LogP) is 4.37. The number of hydrogen-bond donors (Lipinski definition) is 1. The lowest BCUT2D eigenvalue weighted by Gasteiger charge is -2.23. The number of nitrogens with zero attached hydrogens (tertiary/aromatic N) is 1. The number of aliphatic hydroxyl groups excluding tert-OH is 1. The number of halogens is 1. The number of rotatable bonds is 5. The fourth-order valence-corrected chi connectivity index (χ4v) is 3.71. The molecule has 1 saturated heterocycles. The third kappa shape index (κ3) is 3.49. The number of aryl methyl sites for hydroxylation is 1. The molecule has 2 aromatic carbocycles. The first-order valence-electron chi connectivity index (χ1n) is 9.71. The Morgan fingerprint density at radius 2 is 1.75 bits per heavy atom. The zero-order valence-electron chi connectivity index (χ0n) is 17.6. The van der Waals surface area contributed by atoms with E-state index in [4.69, 9.17) is 13.9 Å². The second-order valence-corrected chi connectivity index (χ2v) is 7.16. The van der Waals surface area contributed by atoms with Gasteiger partial charge < -0.3 is 19.0 Å². The molecule has 3 aromatic rings. The fraction of sp³-hybridized carbons (Fsp3) is 0.167. The van der Waals surface area contributed by atoms with E-state index in [0.717, 1.165) is 0 Å². The van der Waals surface area contributed by atoms with Crippen molar-refractivity contribution in [2.24, 2.45) is 0 Å². The molecule has 32 heavy (non-hydrogen) atoms. The van der Waals surface area contributed by atoms with Gasteiger partial charge in [0.15, 0.2) is 0 Å². The monoisotopic (exact) mass is 437 g/mol. The van der Waals surface area contributed by atoms with Crippen LogP contribution in [0, 0.1) is 12.7 Å². The SMILES string of the molecule is COc1ccc(OC)c(/C(O)=C2\C(=O)C(=O)N(c3ccc(F)cc3)C2c2ccc(C)o2)c1. The summed E-state index contributed by atoms with van der Waals surface area (Å²) in [7, 11) is 2.88. The molecule has 1 fully saturated rings. The van der Waals surface area contributed by atoms with Crippen LogP contribution in [0.1, 0.15) is 23.1 Å². The number of ether oxygens (including phenoxy) is 2. The maximum absolute atomic E-state index is 13.5. The van der Waals surface area contributed by atoms with Crippen molar-refractivity contribution in [1.29, 1.82) is 0 Å². The third-order valence-corrected chi connectivity index (χ3v) is 5.24. The van der Waals surface area contributed by atoms with Crippen LogP contribution in [0.3, 0.4) is 0 Å². The number of furan rings is 1. The van der Waals surface area contributed by atoms with Crippen LogP contribution in [0.25, 0.3) is 5.76 Å². The molecular weight excluding hydrogens is 417 g/mol. The maximum atomic E-state index is 13.5. The van der Waals surface area contributed by atoms with Crippen LogP contribution in [0.5, 0.6) is 11.5 Å². The molecule has 1 N–H and O–H groups in total. The lowest BCUT2D eigenvalue weighted by molar-refractivity contribution is -0.132. The Balaban J connectivity index is 1.97. The molecule has 8 heteroatoms. The molecule has 7 nitrogen and oxygen atoms in total. The standard InChI is InChI=1S/C24H20FNO6/c1-13-4-10-19(32-13)21-20(22(27)17-12-16(30-2)9-11-18(17)31-3)23(28)24(29)26(21)15-7-5-14(25)6-8-15/h4-12,21,27H,1-3H3/b22-20+. The predicted molar refractivity (Wildman–Crippen MR) is 114 cm³/mol. The third-order valence-electron chi connectivity index (χ3n) is 5.24. The van der Waals surface area contributed by atoms with Gasteiger partial charge >= 0.3 is 0 Å². The molecule has 164 valence electrons. The van der Waals surface area contributed by atoms with Crippen molar-refractivity contribution in [3.63, 3.8) is 0 Å². The average Bonchev–Trinajstić information content (AvgIpc) is 3.34. The van der Waals surface area contributed by atoms with E-state index >= 15 is 0 Å². The highest BCUT2D eigenvalue weighted by Crippen LogP contribution is 2.44. The molecule has 0 aliphatic carbocycles. The van der Waals surface area contributed by atoms with Gasteiger partial charge in [0, 0.05) is 5.69 Å². The molecular formula is C24H20FNO6. The first-order chi connectivity index (χ1) is 15.3. The molecule has 1 amide bonds. The molecule has 0 saturated carbocycles. The zero-order valence-corrected chi connectivity index (χ0v) is 17.6. The number of Topliss-reactive ketones (excluding diaryl/α,β-unsaturated/α-hetero) is 1. The Labute approximate surface area is 183 Å². The largest absolute Gasteiger partial charge is 0.507 e. The summed E-state index contributed by atoms with van der Waals surface area (Å²) >= 11 is 0. The molecule has 0 radical (unpaired) electrons. The number of carbonyl (C=O) groups excluding carboxylic acids is 2. The molecule has 1 aliphatic rings. The Morgan fingerprint density at radius 3 is 2.34 bits per heavy atom. The summed E-state index contributed by atoms with van der Waals surface area (Å²) in [6.07, 6.45) is 0. The Bertz CT molecular complexity index is 1230. The number of aliphatic hydroxyl groups is 1. The van der Waals surface area contributed by atoms with Crippen LogP contribution in [0.4, 0.5) is 10.1 Å². The van der Waals surface area contributed by atoms with E-state index < -0.39 is 29.3 Å². The molecule has 1 aromatic heterocycles. The van der Waals surface area contributed by atoms with Gasteiger partial charge in [-0.15, -0.1) is 0 Å². The molecule has 1 aliphatic heterocycles. The first kappa shape index (κ1) is 21.2. The van der Waals surface area contributed by atoms with Gasteiger partial charge in [-0.2, -0.15) is 0 Å². The van der Waals surface area contributed by atoms with Crippen molar-refractivity contribution in [3.8, 4) is 11.5 Å². The Morgan fingerprint density at radius 1 is 1.03 bits per heavy atom. The van der Waals surface area contributed by atoms with E-state index in [0.29, 0.717) is 11.5 Å². The molecule has 0 spiro atoms. The van der Waals surface area contributed by atoms with Gasteiger partial charge in [0.05, 0.1) is 25.4 Å². The second-order valence-electron chi connectivity index (χ2n) is 7.16. The Hall–Kier alpha value is -4.07. The van der Waals surface area contributed by atoms with Crippen molar-refractivity contribution in [3.05, 3.63) is 83.1 Å². The lowest BCUT2D eigenvalue weighted by Crippen LogP contribution is -2.29. The van der Waals surface area contributed by atoms with Crippen LogP contribution in [0.2, 0.25) is 0 Å². The fourth-order valence-electron chi connectivity index (χ4n) is 3.71. The second kappa shape index (κ2) is 8.22. The minimum atomic E-state index is -1.06. The van der Waals surface area contributed by atoms with Crippen LogP contribution in [-0.2, 0) is 9.59 Å². The lowest BCUT2D eigenvalue weighted by atomic mass is 9.98. The number of ketones is 1. The van der Waals surface area contributed by atoms with Crippen LogP contribution >= 0.6 is 0 Å². The molecule has 0 bridgehead atoms. The van der Waals surface area contributed by atoms with Crippen molar-refractivity contribution >= 4 is 23.1 Å². The topological polar surface area (TPSA) is 89.2 Å². The first-order valence-corrected chi connectivity index (χ1v) is 9.71. The van der Waals surface area contributed by atoms with E-state index in [1.165, 1.54) is 49.5 Å². The number of anilines is 1. The molecule has 1 unspecified atom stereocenters. The van der Waals surface area contributed by atoms with E-state index in [1.807, 2.05) is 0 Å². The van der Waals surface area contributed by atoms with Crippen molar-refractivity contribution in [2.45, 2.75) is 13.0 Å². The summed E-state index contributed by atoms with van der Waals surface area (Å²) in [5.74, 6) is -1.18. The summed E-state index contributed by atoms with van der Waals surface area (Å²) in [5, 5.41) is 11.2. The summed E-state index contributed by atoms with van der Waals surface area (Å²) < 4.78 is 29.8. The van der Waals surface area contributed by atoms with Gasteiger partial charge in [-0.3, -0.25) is 14.5 Å². The van der Waals surface area contributed by atoms with Gasteiger partial charge in [-0.1, -0.05) is 0 Å². The van der Waals surface area contributed by atoms with Crippen molar-refractivity contribution in [2.75, 3.05) is 19.1 Å². The van der Waals surface area contributed by atoms with Gasteiger partial charge in [0.1, 0.15) is 40.6 Å². The quantitative estimate of drug-likeness (QED) is 0.362. The van der Waals surface area contributed by atoms with Gasteiger partial charge in [-0.05, 0) is 61.5 Å². The molecule has 4 rings (SSSR count). The van der Waals surface area contributed by atoms with Crippen molar-refractivity contribution in [1.82, 2.24) is 0 Å². The number of amides is 1. The summed E-state index contributed by atoms with van der Waals surface area (Å²) in [6, 6.07) is 12.1. The van der Waals surface area contributed by atoms with E-state index in [2.05, 4.69) is 0 Å². The smallest absolute Gasteiger partial charge is 0.300 e. The van der Waals surface area contributed by atoms with Gasteiger partial charge in [0.25, 0.3) is 11.7 Å². The summed E-state index contributed by atoms with van der Waals surface area (Å²) in [4.78, 5) is 27.3. The van der Waals surface area contributed by atoms with Crippen LogP contribution in [0.15, 0.2) is 64.6 Å². The highest BCUT2D eigenvalue weighted by Gasteiger charge is 2.48. The minimum Gasteiger partial charge on any atom is -0.507 e. The molecule has 2 heterocycles. The van der Waals surface area contributed by atoms with Gasteiger partial charge in [0.2, 0.25) is 0 Å². The number of methoxy groups -OCH3 is 2. The minimum absolute atomic E-state index is 0.178. The normalized spacial score (nSPS) is 17.6.